The molecule has 0 bridgehead atoms. The zero-order valence-electron chi connectivity index (χ0n) is 15.6. The fourth-order valence-electron chi connectivity index (χ4n) is 3.52. The fourth-order valence-corrected chi connectivity index (χ4v) is 4.63. The molecule has 2 N–H and O–H groups in total. The topological polar surface area (TPSA) is 104 Å². The van der Waals surface area contributed by atoms with Crippen LogP contribution >= 0.6 is 23.4 Å². The molecule has 0 amide bonds. The van der Waals surface area contributed by atoms with Crippen molar-refractivity contribution in [2.24, 2.45) is 0 Å². The molecule has 5 rings (SSSR count). The Bertz CT molecular complexity index is 1210. The molecule has 0 aromatic carbocycles. The average molecular weight is 428 g/mol. The molecule has 0 radical (unpaired) electrons. The lowest BCUT2D eigenvalue weighted by Gasteiger charge is -2.18. The molecule has 1 aliphatic heterocycles. The van der Waals surface area contributed by atoms with Crippen molar-refractivity contribution in [2.75, 3.05) is 18.0 Å². The van der Waals surface area contributed by atoms with Crippen molar-refractivity contribution in [3.63, 3.8) is 0 Å². The number of β-amino-alcohol motifs (C(OH)–C–C–N with tert-alkyl or cyclic N) is 1. The van der Waals surface area contributed by atoms with Crippen LogP contribution in [0.5, 0.6) is 0 Å². The molecule has 0 saturated carbocycles. The molecule has 5 heterocycles. The number of rotatable bonds is 4. The monoisotopic (exact) mass is 427 g/mol. The first-order chi connectivity index (χ1) is 14.1. The van der Waals surface area contributed by atoms with Crippen molar-refractivity contribution >= 4 is 51.4 Å². The minimum absolute atomic E-state index is 0.359. The van der Waals surface area contributed by atoms with E-state index in [1.54, 1.807) is 18.6 Å². The Hall–Kier alpha value is -2.49. The highest BCUT2D eigenvalue weighted by molar-refractivity contribution is 7.99. The number of nitrogens with one attached hydrogen (secondary N) is 1. The van der Waals surface area contributed by atoms with Crippen molar-refractivity contribution in [1.29, 1.82) is 0 Å². The molecule has 1 fully saturated rings. The van der Waals surface area contributed by atoms with Gasteiger partial charge in [0.1, 0.15) is 17.0 Å². The van der Waals surface area contributed by atoms with Gasteiger partial charge in [-0.15, -0.1) is 0 Å². The second-order valence-corrected chi connectivity index (χ2v) is 8.30. The second-order valence-electron chi connectivity index (χ2n) is 6.89. The number of anilines is 1. The first-order valence-electron chi connectivity index (χ1n) is 9.38. The number of hydrogen-bond donors (Lipinski definition) is 2. The lowest BCUT2D eigenvalue weighted by atomic mass is 10.3. The lowest BCUT2D eigenvalue weighted by Crippen LogP contribution is -2.22. The second kappa shape index (κ2) is 7.40. The van der Waals surface area contributed by atoms with Gasteiger partial charge < -0.3 is 15.0 Å². The normalized spacial score (nSPS) is 16.9. The molecule has 29 heavy (non-hydrogen) atoms. The summed E-state index contributed by atoms with van der Waals surface area (Å²) in [6.07, 6.45) is 6.13. The zero-order valence-corrected chi connectivity index (χ0v) is 17.2. The molecule has 148 valence electrons. The first-order valence-corrected chi connectivity index (χ1v) is 10.6. The third kappa shape index (κ3) is 3.39. The molecular weight excluding hydrogens is 410 g/mol. The zero-order chi connectivity index (χ0) is 20.0. The molecule has 1 aliphatic rings. The molecule has 0 aliphatic carbocycles. The van der Waals surface area contributed by atoms with Crippen LogP contribution in [0.1, 0.15) is 19.0 Å². The largest absolute Gasteiger partial charge is 0.391 e. The highest BCUT2D eigenvalue weighted by Crippen LogP contribution is 2.37. The third-order valence-corrected chi connectivity index (χ3v) is 6.19. The lowest BCUT2D eigenvalue weighted by molar-refractivity contribution is 0.198. The summed E-state index contributed by atoms with van der Waals surface area (Å²) in [5, 5.41) is 12.1. The summed E-state index contributed by atoms with van der Waals surface area (Å²) < 4.78 is 0. The Morgan fingerprint density at radius 3 is 2.93 bits per heavy atom. The van der Waals surface area contributed by atoms with E-state index < -0.39 is 0 Å². The fraction of sp³-hybridized carbons (Fsp3) is 0.316. The summed E-state index contributed by atoms with van der Waals surface area (Å²) >= 11 is 8.03. The molecule has 8 nitrogen and oxygen atoms in total. The number of aromatic nitrogens is 6. The molecule has 4 aromatic heterocycles. The van der Waals surface area contributed by atoms with Crippen molar-refractivity contribution in [2.45, 2.75) is 35.9 Å². The van der Waals surface area contributed by atoms with Gasteiger partial charge in [0.15, 0.2) is 10.8 Å². The number of H-pyrrole nitrogens is 1. The quantitative estimate of drug-likeness (QED) is 0.478. The maximum atomic E-state index is 10.0. The number of aliphatic hydroxyl groups excluding tert-OH is 1. The van der Waals surface area contributed by atoms with Crippen LogP contribution in [0.2, 0.25) is 5.02 Å². The van der Waals surface area contributed by atoms with Gasteiger partial charge in [-0.3, -0.25) is 4.98 Å². The van der Waals surface area contributed by atoms with Gasteiger partial charge >= 0.3 is 0 Å². The number of pyridine rings is 1. The van der Waals surface area contributed by atoms with E-state index in [4.69, 9.17) is 16.6 Å². The van der Waals surface area contributed by atoms with Crippen LogP contribution in [0.25, 0.3) is 22.2 Å². The Labute approximate surface area is 175 Å². The van der Waals surface area contributed by atoms with E-state index >= 15 is 0 Å². The van der Waals surface area contributed by atoms with Gasteiger partial charge in [-0.05, 0) is 30.7 Å². The summed E-state index contributed by atoms with van der Waals surface area (Å²) in [4.78, 5) is 28.6. The van der Waals surface area contributed by atoms with Gasteiger partial charge in [0.2, 0.25) is 0 Å². The molecule has 0 unspecified atom stereocenters. The van der Waals surface area contributed by atoms with Gasteiger partial charge in [0, 0.05) is 42.3 Å². The number of halogens is 1. The third-order valence-electron chi connectivity index (χ3n) is 4.95. The highest BCUT2D eigenvalue weighted by Gasteiger charge is 2.26. The van der Waals surface area contributed by atoms with Gasteiger partial charge in [0.05, 0.1) is 16.5 Å². The number of aromatic amines is 1. The molecule has 1 atom stereocenters. The van der Waals surface area contributed by atoms with E-state index in [1.165, 1.54) is 11.8 Å². The van der Waals surface area contributed by atoms with Crippen LogP contribution in [-0.2, 0) is 6.42 Å². The van der Waals surface area contributed by atoms with Gasteiger partial charge in [-0.2, -0.15) is 0 Å². The molecule has 1 saturated heterocycles. The minimum atomic E-state index is -0.359. The summed E-state index contributed by atoms with van der Waals surface area (Å²) in [7, 11) is 0. The number of aliphatic hydroxyl groups is 1. The van der Waals surface area contributed by atoms with Crippen LogP contribution in [0.3, 0.4) is 0 Å². The van der Waals surface area contributed by atoms with Gasteiger partial charge in [-0.25, -0.2) is 19.9 Å². The van der Waals surface area contributed by atoms with E-state index in [-0.39, 0.29) is 6.10 Å². The number of hydrogen-bond acceptors (Lipinski definition) is 8. The van der Waals surface area contributed by atoms with Crippen molar-refractivity contribution in [3.05, 3.63) is 35.4 Å². The SMILES string of the molecule is CCc1[nH]c2nc(Sc3cnc4nccnc4c3)nc(N3CC[C@H](O)C3)c2c1Cl. The van der Waals surface area contributed by atoms with Crippen LogP contribution in [0, 0.1) is 0 Å². The average Bonchev–Trinajstić information content (AvgIpc) is 3.30. The van der Waals surface area contributed by atoms with Crippen molar-refractivity contribution < 1.29 is 5.11 Å². The summed E-state index contributed by atoms with van der Waals surface area (Å²) in [5.41, 5.74) is 2.96. The van der Waals surface area contributed by atoms with E-state index in [9.17, 15) is 5.11 Å². The highest BCUT2D eigenvalue weighted by atomic mass is 35.5. The molecule has 4 aromatic rings. The predicted octanol–water partition coefficient (Wildman–Crippen LogP) is 3.23. The van der Waals surface area contributed by atoms with E-state index in [0.29, 0.717) is 34.4 Å². The van der Waals surface area contributed by atoms with E-state index in [1.807, 2.05) is 13.0 Å². The maximum Gasteiger partial charge on any atom is 0.196 e. The molecular formula is C19H18ClN7OS. The summed E-state index contributed by atoms with van der Waals surface area (Å²) in [6.45, 7) is 3.31. The van der Waals surface area contributed by atoms with Gasteiger partial charge in [-0.1, -0.05) is 18.5 Å². The Morgan fingerprint density at radius 1 is 1.28 bits per heavy atom. The molecule has 0 spiro atoms. The number of nitrogens with zero attached hydrogens (tertiary/aromatic N) is 6. The number of fused-ring (bicyclic) bond motifs is 2. The van der Waals surface area contributed by atoms with Crippen LogP contribution in [-0.4, -0.2) is 54.2 Å². The Balaban J connectivity index is 1.59. The van der Waals surface area contributed by atoms with Crippen molar-refractivity contribution in [1.82, 2.24) is 29.9 Å². The number of aryl methyl sites for hydroxylation is 1. The van der Waals surface area contributed by atoms with Crippen molar-refractivity contribution in [3.8, 4) is 0 Å². The minimum Gasteiger partial charge on any atom is -0.391 e. The standard InChI is InChI=1S/C19H18ClN7OS/c1-2-12-15(20)14-17(24-12)25-19(26-18(14)27-6-3-10(28)9-27)29-11-7-13-16(23-8-11)22-5-4-21-13/h4-5,7-8,10,28H,2-3,6,9H2,1H3,(H,24,25,26)/t10-/m0/s1. The molecule has 10 heteroatoms. The van der Waals surface area contributed by atoms with Crippen LogP contribution in [0.15, 0.2) is 34.7 Å². The summed E-state index contributed by atoms with van der Waals surface area (Å²) in [6, 6.07) is 1.92. The first kappa shape index (κ1) is 18.5. The Morgan fingerprint density at radius 2 is 2.14 bits per heavy atom. The van der Waals surface area contributed by atoms with E-state index in [0.717, 1.165) is 40.3 Å². The summed E-state index contributed by atoms with van der Waals surface area (Å²) in [5.74, 6) is 0.753. The Kier molecular flexibility index (Phi) is 4.73. The van der Waals surface area contributed by atoms with Crippen LogP contribution in [0.4, 0.5) is 5.82 Å². The smallest absolute Gasteiger partial charge is 0.196 e. The maximum absolute atomic E-state index is 10.0. The van der Waals surface area contributed by atoms with E-state index in [2.05, 4.69) is 29.8 Å². The van der Waals surface area contributed by atoms with Crippen LogP contribution < -0.4 is 4.90 Å². The predicted molar refractivity (Wildman–Crippen MR) is 113 cm³/mol. The van der Waals surface area contributed by atoms with Gasteiger partial charge in [0.25, 0.3) is 0 Å².